The summed E-state index contributed by atoms with van der Waals surface area (Å²) in [6, 6.07) is 5.58. The second kappa shape index (κ2) is 4.97. The molecule has 84 valence electrons. The van der Waals surface area contributed by atoms with Crippen LogP contribution in [0.15, 0.2) is 33.6 Å². The van der Waals surface area contributed by atoms with E-state index < -0.39 is 0 Å². The molecule has 0 atom stereocenters. The van der Waals surface area contributed by atoms with Crippen LogP contribution in [0, 0.1) is 0 Å². The van der Waals surface area contributed by atoms with E-state index in [-0.39, 0.29) is 0 Å². The van der Waals surface area contributed by atoms with Crippen molar-refractivity contribution in [2.75, 3.05) is 6.61 Å². The largest absolute Gasteiger partial charge is 0.478 e. The summed E-state index contributed by atoms with van der Waals surface area (Å²) in [5.74, 6) is 0.596. The predicted octanol–water partition coefficient (Wildman–Crippen LogP) is 3.19. The molecule has 0 aromatic carbocycles. The quantitative estimate of drug-likeness (QED) is 0.856. The summed E-state index contributed by atoms with van der Waals surface area (Å²) >= 11 is 6.75. The molecule has 0 saturated heterocycles. The number of ether oxygens (including phenoxy) is 1. The fourth-order valence-electron chi connectivity index (χ4n) is 1.27. The Bertz CT molecular complexity index is 499. The topological polar surface area (TPSA) is 39.9 Å². The van der Waals surface area contributed by atoms with Crippen molar-refractivity contribution in [1.29, 1.82) is 0 Å². The van der Waals surface area contributed by atoms with Gasteiger partial charge >= 0.3 is 0 Å². The summed E-state index contributed by atoms with van der Waals surface area (Å²) in [6.45, 7) is 2.52. The van der Waals surface area contributed by atoms with E-state index >= 15 is 0 Å². The average Bonchev–Trinajstić information content (AvgIpc) is 2.59. The number of halogens is 2. The lowest BCUT2D eigenvalue weighted by Gasteiger charge is -2.05. The molecule has 2 rings (SSSR count). The highest BCUT2D eigenvalue weighted by molar-refractivity contribution is 9.11. The molecule has 0 radical (unpaired) electrons. The molecular formula is C10H9Br2N3O. The first-order valence-corrected chi connectivity index (χ1v) is 6.29. The van der Waals surface area contributed by atoms with Crippen molar-refractivity contribution in [2.24, 2.45) is 0 Å². The molecule has 0 bridgehead atoms. The van der Waals surface area contributed by atoms with Gasteiger partial charge in [0.25, 0.3) is 0 Å². The molecular weight excluding hydrogens is 338 g/mol. The normalized spacial score (nSPS) is 10.4. The van der Waals surface area contributed by atoms with E-state index in [0.717, 1.165) is 14.9 Å². The Hall–Kier alpha value is -0.880. The fraction of sp³-hybridized carbons (Fsp3) is 0.200. The van der Waals surface area contributed by atoms with Gasteiger partial charge in [0.1, 0.15) is 9.21 Å². The third-order valence-electron chi connectivity index (χ3n) is 1.89. The minimum Gasteiger partial charge on any atom is -0.478 e. The first-order chi connectivity index (χ1) is 7.70. The second-order valence-electron chi connectivity index (χ2n) is 2.99. The van der Waals surface area contributed by atoms with Crippen molar-refractivity contribution < 1.29 is 4.74 Å². The van der Waals surface area contributed by atoms with Gasteiger partial charge in [-0.2, -0.15) is 5.10 Å². The maximum atomic E-state index is 5.34. The lowest BCUT2D eigenvalue weighted by molar-refractivity contribution is 0.326. The summed E-state index contributed by atoms with van der Waals surface area (Å²) in [6.07, 6.45) is 1.70. The zero-order valence-electron chi connectivity index (χ0n) is 8.52. The van der Waals surface area contributed by atoms with Crippen LogP contribution in [0.2, 0.25) is 0 Å². The fourth-order valence-corrected chi connectivity index (χ4v) is 2.45. The molecule has 2 heterocycles. The highest BCUT2D eigenvalue weighted by Gasteiger charge is 2.06. The van der Waals surface area contributed by atoms with Gasteiger partial charge < -0.3 is 4.74 Å². The lowest BCUT2D eigenvalue weighted by atomic mass is 10.4. The van der Waals surface area contributed by atoms with Gasteiger partial charge in [-0.15, -0.1) is 0 Å². The average molecular weight is 347 g/mol. The Morgan fingerprint density at radius 3 is 2.81 bits per heavy atom. The third-order valence-corrected chi connectivity index (χ3v) is 2.84. The molecule has 16 heavy (non-hydrogen) atoms. The molecule has 0 aliphatic carbocycles. The molecule has 0 saturated carbocycles. The summed E-state index contributed by atoms with van der Waals surface area (Å²) in [5, 5.41) is 4.28. The van der Waals surface area contributed by atoms with E-state index in [9.17, 15) is 0 Å². The highest BCUT2D eigenvalue weighted by Crippen LogP contribution is 2.22. The van der Waals surface area contributed by atoms with E-state index in [2.05, 4.69) is 41.9 Å². The molecule has 0 amide bonds. The monoisotopic (exact) mass is 345 g/mol. The van der Waals surface area contributed by atoms with Crippen LogP contribution in [0.5, 0.6) is 5.88 Å². The first-order valence-electron chi connectivity index (χ1n) is 4.71. The number of aromatic nitrogens is 3. The van der Waals surface area contributed by atoms with E-state index in [0.29, 0.717) is 12.5 Å². The number of hydrogen-bond donors (Lipinski definition) is 0. The Balaban J connectivity index is 2.40. The van der Waals surface area contributed by atoms with Gasteiger partial charge in [-0.05, 0) is 44.8 Å². The molecule has 2 aromatic heterocycles. The van der Waals surface area contributed by atoms with E-state index in [1.54, 1.807) is 10.9 Å². The van der Waals surface area contributed by atoms with Gasteiger partial charge in [0.2, 0.25) is 5.88 Å². The summed E-state index contributed by atoms with van der Waals surface area (Å²) in [4.78, 5) is 4.10. The minimum absolute atomic E-state index is 0.596. The second-order valence-corrected chi connectivity index (χ2v) is 4.61. The van der Waals surface area contributed by atoms with Crippen LogP contribution in [-0.4, -0.2) is 21.4 Å². The molecule has 0 unspecified atom stereocenters. The molecule has 0 spiro atoms. The van der Waals surface area contributed by atoms with Crippen molar-refractivity contribution in [3.63, 3.8) is 0 Å². The summed E-state index contributed by atoms with van der Waals surface area (Å²) < 4.78 is 8.73. The van der Waals surface area contributed by atoms with Crippen LogP contribution >= 0.6 is 31.9 Å². The van der Waals surface area contributed by atoms with Crippen LogP contribution in [0.3, 0.4) is 0 Å². The number of hydrogen-bond acceptors (Lipinski definition) is 3. The van der Waals surface area contributed by atoms with Crippen molar-refractivity contribution in [3.8, 4) is 11.6 Å². The van der Waals surface area contributed by atoms with Gasteiger partial charge in [0.05, 0.1) is 12.3 Å². The van der Waals surface area contributed by atoms with Crippen molar-refractivity contribution in [2.45, 2.75) is 6.92 Å². The van der Waals surface area contributed by atoms with Crippen LogP contribution < -0.4 is 4.74 Å². The Kier molecular flexibility index (Phi) is 3.60. The van der Waals surface area contributed by atoms with Gasteiger partial charge in [0, 0.05) is 18.3 Å². The number of rotatable bonds is 3. The van der Waals surface area contributed by atoms with Crippen LogP contribution in [0.4, 0.5) is 0 Å². The predicted molar refractivity (Wildman–Crippen MR) is 67.9 cm³/mol. The molecule has 0 N–H and O–H groups in total. The highest BCUT2D eigenvalue weighted by atomic mass is 79.9. The molecule has 0 fully saturated rings. The summed E-state index contributed by atoms with van der Waals surface area (Å²) in [7, 11) is 0. The maximum absolute atomic E-state index is 5.34. The van der Waals surface area contributed by atoms with Crippen LogP contribution in [0.1, 0.15) is 6.92 Å². The van der Waals surface area contributed by atoms with Crippen molar-refractivity contribution in [3.05, 3.63) is 33.6 Å². The Morgan fingerprint density at radius 1 is 1.38 bits per heavy atom. The van der Waals surface area contributed by atoms with Gasteiger partial charge in [-0.1, -0.05) is 0 Å². The SMILES string of the molecule is CCOc1cc(-n2nc(Br)cc2Br)ccn1. The molecule has 6 heteroatoms. The standard InChI is InChI=1S/C10H9Br2N3O/c1-2-16-10-5-7(3-4-13-10)15-9(12)6-8(11)14-15/h3-6H,2H2,1H3. The van der Waals surface area contributed by atoms with E-state index in [1.807, 2.05) is 25.1 Å². The minimum atomic E-state index is 0.596. The number of pyridine rings is 1. The summed E-state index contributed by atoms with van der Waals surface area (Å²) in [5.41, 5.74) is 0.899. The number of nitrogens with zero attached hydrogens (tertiary/aromatic N) is 3. The zero-order chi connectivity index (χ0) is 11.5. The van der Waals surface area contributed by atoms with Gasteiger partial charge in [-0.25, -0.2) is 9.67 Å². The van der Waals surface area contributed by atoms with Crippen LogP contribution in [0.25, 0.3) is 5.69 Å². The Labute approximate surface area is 110 Å². The smallest absolute Gasteiger partial charge is 0.215 e. The van der Waals surface area contributed by atoms with E-state index in [4.69, 9.17) is 4.74 Å². The molecule has 4 nitrogen and oxygen atoms in total. The third kappa shape index (κ3) is 2.44. The van der Waals surface area contributed by atoms with Gasteiger partial charge in [-0.3, -0.25) is 0 Å². The zero-order valence-corrected chi connectivity index (χ0v) is 11.7. The van der Waals surface area contributed by atoms with Gasteiger partial charge in [0.15, 0.2) is 0 Å². The van der Waals surface area contributed by atoms with Crippen molar-refractivity contribution >= 4 is 31.9 Å². The first kappa shape index (κ1) is 11.6. The van der Waals surface area contributed by atoms with E-state index in [1.165, 1.54) is 0 Å². The molecule has 0 aliphatic rings. The lowest BCUT2D eigenvalue weighted by Crippen LogP contribution is -1.99. The van der Waals surface area contributed by atoms with Crippen molar-refractivity contribution in [1.82, 2.24) is 14.8 Å². The maximum Gasteiger partial charge on any atom is 0.215 e. The molecule has 2 aromatic rings. The Morgan fingerprint density at radius 2 is 2.19 bits per heavy atom. The van der Waals surface area contributed by atoms with Crippen LogP contribution in [-0.2, 0) is 0 Å². The molecule has 0 aliphatic heterocycles.